The van der Waals surface area contributed by atoms with E-state index in [2.05, 4.69) is 15.2 Å². The Labute approximate surface area is 163 Å². The number of rotatable bonds is 5. The van der Waals surface area contributed by atoms with Gasteiger partial charge in [-0.3, -0.25) is 4.68 Å². The van der Waals surface area contributed by atoms with E-state index in [1.807, 2.05) is 19.1 Å². The Hall–Kier alpha value is -2.56. The normalized spacial score (nSPS) is 18.4. The number of benzene rings is 1. The topological polar surface area (TPSA) is 103 Å². The molecule has 0 saturated carbocycles. The third kappa shape index (κ3) is 3.46. The molecule has 0 spiro atoms. The van der Waals surface area contributed by atoms with Crippen molar-refractivity contribution in [1.29, 1.82) is 0 Å². The first-order chi connectivity index (χ1) is 13.5. The molecule has 1 aliphatic heterocycles. The summed E-state index contributed by atoms with van der Waals surface area (Å²) in [4.78, 5) is 4.63. The molecular weight excluding hydrogens is 382 g/mol. The van der Waals surface area contributed by atoms with E-state index in [9.17, 15) is 8.42 Å². The molecule has 9 nitrogen and oxygen atoms in total. The lowest BCUT2D eigenvalue weighted by atomic mass is 10.2. The van der Waals surface area contributed by atoms with Gasteiger partial charge in [0.1, 0.15) is 6.04 Å². The van der Waals surface area contributed by atoms with Crippen molar-refractivity contribution in [2.24, 2.45) is 7.05 Å². The molecule has 0 N–H and O–H groups in total. The van der Waals surface area contributed by atoms with Crippen LogP contribution in [-0.2, 0) is 28.2 Å². The van der Waals surface area contributed by atoms with Crippen LogP contribution in [0.3, 0.4) is 0 Å². The molecule has 3 heterocycles. The molecule has 0 radical (unpaired) electrons. The van der Waals surface area contributed by atoms with Crippen molar-refractivity contribution < 1.29 is 17.7 Å². The van der Waals surface area contributed by atoms with E-state index in [-0.39, 0.29) is 23.9 Å². The average molecular weight is 403 g/mol. The second-order valence-electron chi connectivity index (χ2n) is 6.56. The van der Waals surface area contributed by atoms with E-state index in [4.69, 9.17) is 9.26 Å². The monoisotopic (exact) mass is 403 g/mol. The number of sulfonamides is 1. The summed E-state index contributed by atoms with van der Waals surface area (Å²) in [5.74, 6) is 0.561. The van der Waals surface area contributed by atoms with Crippen LogP contribution in [0.1, 0.15) is 24.4 Å². The van der Waals surface area contributed by atoms with Crippen molar-refractivity contribution in [1.82, 2.24) is 24.2 Å². The van der Waals surface area contributed by atoms with Crippen LogP contribution in [0.5, 0.6) is 0 Å². The quantitative estimate of drug-likeness (QED) is 0.640. The molecule has 0 amide bonds. The number of hydrogen-bond donors (Lipinski definition) is 0. The van der Waals surface area contributed by atoms with E-state index in [1.165, 1.54) is 4.31 Å². The van der Waals surface area contributed by atoms with Crippen LogP contribution in [-0.4, -0.2) is 52.4 Å². The van der Waals surface area contributed by atoms with Crippen molar-refractivity contribution in [2.45, 2.75) is 24.3 Å². The van der Waals surface area contributed by atoms with Gasteiger partial charge in [0.2, 0.25) is 10.0 Å². The van der Waals surface area contributed by atoms with Crippen LogP contribution < -0.4 is 0 Å². The molecule has 1 aliphatic rings. The molecule has 1 unspecified atom stereocenters. The van der Waals surface area contributed by atoms with Gasteiger partial charge in [-0.15, -0.1) is 0 Å². The molecule has 0 bridgehead atoms. The maximum atomic E-state index is 13.2. The summed E-state index contributed by atoms with van der Waals surface area (Å²) in [6.45, 7) is 2.73. The molecule has 3 aromatic rings. The molecule has 28 heavy (non-hydrogen) atoms. The van der Waals surface area contributed by atoms with Crippen molar-refractivity contribution in [2.75, 3.05) is 19.8 Å². The molecule has 148 valence electrons. The minimum atomic E-state index is -3.72. The first kappa shape index (κ1) is 18.8. The minimum absolute atomic E-state index is 0.165. The Bertz CT molecular complexity index is 1060. The predicted molar refractivity (Wildman–Crippen MR) is 99.8 cm³/mol. The first-order valence-electron chi connectivity index (χ1n) is 9.00. The van der Waals surface area contributed by atoms with Crippen LogP contribution in [0.4, 0.5) is 0 Å². The zero-order valence-corrected chi connectivity index (χ0v) is 16.5. The highest BCUT2D eigenvalue weighted by Gasteiger charge is 2.37. The molecule has 2 aromatic heterocycles. The van der Waals surface area contributed by atoms with Gasteiger partial charge in [-0.25, -0.2) is 8.42 Å². The highest BCUT2D eigenvalue weighted by atomic mass is 32.2. The Kier molecular flexibility index (Phi) is 5.00. The molecule has 1 saturated heterocycles. The van der Waals surface area contributed by atoms with Gasteiger partial charge in [0.05, 0.1) is 29.9 Å². The van der Waals surface area contributed by atoms with Gasteiger partial charge >= 0.3 is 0 Å². The standard InChI is InChI=1S/C18H21N5O4S/c1-3-13-4-6-15(7-5-13)28(24,25)23-8-9-26-12-16(23)17-20-18(27-21-17)14-10-19-22(2)11-14/h4-7,10-11,16H,3,8-9,12H2,1-2H3. The number of nitrogens with zero attached hydrogens (tertiary/aromatic N) is 5. The Morgan fingerprint density at radius 1 is 1.25 bits per heavy atom. The van der Waals surface area contributed by atoms with Crippen molar-refractivity contribution in [3.8, 4) is 11.5 Å². The zero-order chi connectivity index (χ0) is 19.7. The summed E-state index contributed by atoms with van der Waals surface area (Å²) in [5.41, 5.74) is 1.75. The van der Waals surface area contributed by atoms with E-state index in [0.29, 0.717) is 18.1 Å². The number of hydrogen-bond acceptors (Lipinski definition) is 7. The minimum Gasteiger partial charge on any atom is -0.378 e. The fourth-order valence-corrected chi connectivity index (χ4v) is 4.69. The lowest BCUT2D eigenvalue weighted by molar-refractivity contribution is 0.0282. The SMILES string of the molecule is CCc1ccc(S(=O)(=O)N2CCOCC2c2noc(-c3cnn(C)c3)n2)cc1. The van der Waals surface area contributed by atoms with Crippen LogP contribution in [0.2, 0.25) is 0 Å². The van der Waals surface area contributed by atoms with Crippen LogP contribution in [0, 0.1) is 0 Å². The number of morpholine rings is 1. The second kappa shape index (κ2) is 7.46. The summed E-state index contributed by atoms with van der Waals surface area (Å²) in [5, 5.41) is 8.08. The number of aromatic nitrogens is 4. The first-order valence-corrected chi connectivity index (χ1v) is 10.4. The summed E-state index contributed by atoms with van der Waals surface area (Å²) in [6, 6.07) is 6.28. The summed E-state index contributed by atoms with van der Waals surface area (Å²) < 4.78 is 40.3. The van der Waals surface area contributed by atoms with Crippen LogP contribution in [0.25, 0.3) is 11.5 Å². The Morgan fingerprint density at radius 2 is 2.04 bits per heavy atom. The fraction of sp³-hybridized carbons (Fsp3) is 0.389. The zero-order valence-electron chi connectivity index (χ0n) is 15.6. The number of aryl methyl sites for hydroxylation is 2. The van der Waals surface area contributed by atoms with Crippen molar-refractivity contribution in [3.63, 3.8) is 0 Å². The lowest BCUT2D eigenvalue weighted by Gasteiger charge is -2.32. The third-order valence-corrected chi connectivity index (χ3v) is 6.63. The van der Waals surface area contributed by atoms with E-state index >= 15 is 0 Å². The molecule has 10 heteroatoms. The summed E-state index contributed by atoms with van der Waals surface area (Å²) in [6.07, 6.45) is 4.21. The highest BCUT2D eigenvalue weighted by Crippen LogP contribution is 2.30. The molecule has 1 atom stereocenters. The predicted octanol–water partition coefficient (Wildman–Crippen LogP) is 1.79. The van der Waals surface area contributed by atoms with Gasteiger partial charge in [0.15, 0.2) is 5.82 Å². The molecule has 1 fully saturated rings. The van der Waals surface area contributed by atoms with Gasteiger partial charge in [-0.1, -0.05) is 24.2 Å². The molecule has 0 aliphatic carbocycles. The second-order valence-corrected chi connectivity index (χ2v) is 8.45. The largest absolute Gasteiger partial charge is 0.378 e. The van der Waals surface area contributed by atoms with E-state index in [0.717, 1.165) is 12.0 Å². The van der Waals surface area contributed by atoms with Crippen LogP contribution in [0.15, 0.2) is 46.1 Å². The molecular formula is C18H21N5O4S. The lowest BCUT2D eigenvalue weighted by Crippen LogP contribution is -2.43. The smallest absolute Gasteiger partial charge is 0.261 e. The summed E-state index contributed by atoms with van der Waals surface area (Å²) >= 11 is 0. The third-order valence-electron chi connectivity index (χ3n) is 4.71. The molecule has 4 rings (SSSR count). The van der Waals surface area contributed by atoms with E-state index in [1.54, 1.807) is 36.3 Å². The Morgan fingerprint density at radius 3 is 2.71 bits per heavy atom. The van der Waals surface area contributed by atoms with E-state index < -0.39 is 16.1 Å². The highest BCUT2D eigenvalue weighted by molar-refractivity contribution is 7.89. The maximum absolute atomic E-state index is 13.2. The van der Waals surface area contributed by atoms with Crippen LogP contribution >= 0.6 is 0 Å². The van der Waals surface area contributed by atoms with Gasteiger partial charge in [0.25, 0.3) is 5.89 Å². The average Bonchev–Trinajstić information content (AvgIpc) is 3.37. The number of ether oxygens (including phenoxy) is 1. The fourth-order valence-electron chi connectivity index (χ4n) is 3.13. The van der Waals surface area contributed by atoms with Crippen molar-refractivity contribution >= 4 is 10.0 Å². The Balaban J connectivity index is 1.65. The van der Waals surface area contributed by atoms with Gasteiger partial charge < -0.3 is 9.26 Å². The van der Waals surface area contributed by atoms with Crippen molar-refractivity contribution in [3.05, 3.63) is 48.0 Å². The maximum Gasteiger partial charge on any atom is 0.261 e. The van der Waals surface area contributed by atoms with Gasteiger partial charge in [-0.05, 0) is 24.1 Å². The van der Waals surface area contributed by atoms with Gasteiger partial charge in [0, 0.05) is 19.8 Å². The summed E-state index contributed by atoms with van der Waals surface area (Å²) in [7, 11) is -1.93. The molecule has 1 aromatic carbocycles. The van der Waals surface area contributed by atoms with Gasteiger partial charge in [-0.2, -0.15) is 14.4 Å².